The second kappa shape index (κ2) is 12.6. The predicted octanol–water partition coefficient (Wildman–Crippen LogP) is 5.71. The van der Waals surface area contributed by atoms with Crippen molar-refractivity contribution in [2.45, 2.75) is 69.0 Å². The van der Waals surface area contributed by atoms with Gasteiger partial charge in [0.2, 0.25) is 0 Å². The summed E-state index contributed by atoms with van der Waals surface area (Å²) >= 11 is -0.163. The van der Waals surface area contributed by atoms with Gasteiger partial charge in [0.1, 0.15) is 4.90 Å². The van der Waals surface area contributed by atoms with Crippen molar-refractivity contribution in [1.29, 1.82) is 0 Å². The second-order valence-electron chi connectivity index (χ2n) is 6.47. The van der Waals surface area contributed by atoms with Gasteiger partial charge in [0.25, 0.3) is 0 Å². The zero-order valence-electron chi connectivity index (χ0n) is 15.4. The second-order valence-corrected chi connectivity index (χ2v) is 7.19. The van der Waals surface area contributed by atoms with Gasteiger partial charge < -0.3 is 9.47 Å². The highest BCUT2D eigenvalue weighted by Gasteiger charge is 2.26. The molecule has 10 heteroatoms. The van der Waals surface area contributed by atoms with Gasteiger partial charge in [0.15, 0.2) is 29.6 Å². The zero-order valence-corrected chi connectivity index (χ0v) is 16.2. The number of hydrogen-bond acceptors (Lipinski definition) is 6. The number of rotatable bonds is 12. The first-order chi connectivity index (χ1) is 13.6. The van der Waals surface area contributed by atoms with Gasteiger partial charge in [0.05, 0.1) is 12.0 Å². The quantitative estimate of drug-likeness (QED) is 0.115. The molecule has 1 N–H and O–H groups in total. The topological polar surface area (TPSA) is 57.2 Å². The summed E-state index contributed by atoms with van der Waals surface area (Å²) in [5, 5.41) is 11.2. The Morgan fingerprint density at radius 3 is 2.25 bits per heavy atom. The summed E-state index contributed by atoms with van der Waals surface area (Å²) in [4.78, 5) is -1.06. The molecule has 1 heterocycles. The monoisotopic (exact) mass is 428 g/mol. The highest BCUT2D eigenvalue weighted by atomic mass is 32.2. The molecule has 1 atom stereocenters. The molecule has 1 fully saturated rings. The fourth-order valence-electron chi connectivity index (χ4n) is 2.99. The van der Waals surface area contributed by atoms with Crippen LogP contribution in [0.2, 0.25) is 0 Å². The van der Waals surface area contributed by atoms with Crippen molar-refractivity contribution in [2.24, 2.45) is 0 Å². The van der Waals surface area contributed by atoms with E-state index in [0.717, 1.165) is 45.1 Å². The van der Waals surface area contributed by atoms with E-state index in [2.05, 4.69) is 9.37 Å². The molecule has 2 rings (SSSR count). The molecule has 0 aliphatic carbocycles. The summed E-state index contributed by atoms with van der Waals surface area (Å²) in [6.07, 6.45) is 6.48. The first-order valence-electron chi connectivity index (χ1n) is 9.29. The summed E-state index contributed by atoms with van der Waals surface area (Å²) in [6.45, 7) is 1.34. The van der Waals surface area contributed by atoms with Crippen LogP contribution in [0.25, 0.3) is 0 Å². The van der Waals surface area contributed by atoms with Crippen LogP contribution in [0, 0.1) is 23.3 Å². The van der Waals surface area contributed by atoms with Crippen LogP contribution in [-0.4, -0.2) is 24.8 Å². The SMILES string of the molecule is OOOSc1c(F)c(F)c(CCCCCCCOC2CCCCO2)c(F)c1F. The van der Waals surface area contributed by atoms with Gasteiger partial charge in [-0.1, -0.05) is 24.3 Å². The molecule has 0 bridgehead atoms. The largest absolute Gasteiger partial charge is 0.353 e. The van der Waals surface area contributed by atoms with Crippen LogP contribution in [0.1, 0.15) is 56.9 Å². The Balaban J connectivity index is 1.69. The smallest absolute Gasteiger partial charge is 0.178 e. The molecule has 28 heavy (non-hydrogen) atoms. The average Bonchev–Trinajstić information content (AvgIpc) is 2.71. The molecule has 0 aromatic heterocycles. The van der Waals surface area contributed by atoms with Crippen LogP contribution in [-0.2, 0) is 25.3 Å². The van der Waals surface area contributed by atoms with Gasteiger partial charge in [-0.05, 0) is 38.5 Å². The summed E-state index contributed by atoms with van der Waals surface area (Å²) in [6, 6.07) is 0. The molecule has 1 aromatic rings. The van der Waals surface area contributed by atoms with Gasteiger partial charge in [0, 0.05) is 18.8 Å². The third-order valence-corrected chi connectivity index (χ3v) is 5.13. The average molecular weight is 428 g/mol. The summed E-state index contributed by atoms with van der Waals surface area (Å²) in [5.41, 5.74) is -0.637. The fourth-order valence-corrected chi connectivity index (χ4v) is 3.41. The van der Waals surface area contributed by atoms with Crippen molar-refractivity contribution in [3.05, 3.63) is 28.8 Å². The first-order valence-corrected chi connectivity index (χ1v) is 10.0. The molecule has 0 amide bonds. The maximum atomic E-state index is 14.0. The van der Waals surface area contributed by atoms with Crippen LogP contribution in [0.5, 0.6) is 0 Å². The summed E-state index contributed by atoms with van der Waals surface area (Å²) < 4.78 is 70.6. The maximum absolute atomic E-state index is 14.0. The van der Waals surface area contributed by atoms with E-state index in [1.165, 1.54) is 0 Å². The van der Waals surface area contributed by atoms with Crippen molar-refractivity contribution < 1.29 is 41.7 Å². The molecule has 160 valence electrons. The van der Waals surface area contributed by atoms with Gasteiger partial charge in [-0.25, -0.2) is 22.8 Å². The van der Waals surface area contributed by atoms with Crippen LogP contribution >= 0.6 is 12.0 Å². The Bertz CT molecular complexity index is 585. The maximum Gasteiger partial charge on any atom is 0.178 e. The summed E-state index contributed by atoms with van der Waals surface area (Å²) in [7, 11) is 0. The molecule has 5 nitrogen and oxygen atoms in total. The Morgan fingerprint density at radius 2 is 1.61 bits per heavy atom. The first kappa shape index (κ1) is 23.4. The van der Waals surface area contributed by atoms with Crippen molar-refractivity contribution in [3.8, 4) is 0 Å². The van der Waals surface area contributed by atoms with E-state index < -0.39 is 33.7 Å². The third-order valence-electron chi connectivity index (χ3n) is 4.47. The minimum absolute atomic E-state index is 0.111. The number of hydrogen-bond donors (Lipinski definition) is 1. The highest BCUT2D eigenvalue weighted by Crippen LogP contribution is 2.32. The molecular weight excluding hydrogens is 404 g/mol. The molecule has 1 aliphatic rings. The standard InChI is InChI=1S/C18H24F4O5S/c19-14-12(15(20)17(22)18(16(14)21)28-27-26-23)8-4-2-1-3-6-10-24-13-9-5-7-11-25-13/h13,23H,1-11H2. The van der Waals surface area contributed by atoms with E-state index in [1.54, 1.807) is 0 Å². The van der Waals surface area contributed by atoms with Crippen LogP contribution in [0.4, 0.5) is 17.6 Å². The Morgan fingerprint density at radius 1 is 0.929 bits per heavy atom. The van der Waals surface area contributed by atoms with Crippen molar-refractivity contribution in [1.82, 2.24) is 0 Å². The Hall–Kier alpha value is -0.910. The summed E-state index contributed by atoms with van der Waals surface area (Å²) in [5.74, 6) is -6.11. The lowest BCUT2D eigenvalue weighted by Gasteiger charge is -2.22. The van der Waals surface area contributed by atoms with E-state index in [9.17, 15) is 17.6 Å². The van der Waals surface area contributed by atoms with E-state index >= 15 is 0 Å². The van der Waals surface area contributed by atoms with E-state index in [4.69, 9.17) is 14.7 Å². The molecule has 0 saturated carbocycles. The van der Waals surface area contributed by atoms with Crippen molar-refractivity contribution in [3.63, 3.8) is 0 Å². The van der Waals surface area contributed by atoms with Gasteiger partial charge >= 0.3 is 0 Å². The van der Waals surface area contributed by atoms with Crippen molar-refractivity contribution >= 4 is 12.0 Å². The molecule has 1 aliphatic heterocycles. The van der Waals surface area contributed by atoms with Gasteiger partial charge in [-0.3, -0.25) is 0 Å². The van der Waals surface area contributed by atoms with Gasteiger partial charge in [-0.15, -0.1) is 4.33 Å². The minimum Gasteiger partial charge on any atom is -0.353 e. The Kier molecular flexibility index (Phi) is 10.5. The lowest BCUT2D eigenvalue weighted by molar-refractivity contribution is -0.432. The number of halogens is 4. The molecule has 0 spiro atoms. The lowest BCUT2D eigenvalue weighted by atomic mass is 10.0. The lowest BCUT2D eigenvalue weighted by Crippen LogP contribution is -2.22. The van der Waals surface area contributed by atoms with Gasteiger partial charge in [-0.2, -0.15) is 0 Å². The molecule has 1 unspecified atom stereocenters. The molecule has 1 saturated heterocycles. The van der Waals surface area contributed by atoms with Crippen molar-refractivity contribution in [2.75, 3.05) is 13.2 Å². The van der Waals surface area contributed by atoms with Crippen LogP contribution < -0.4 is 0 Å². The molecule has 0 radical (unpaired) electrons. The molecular formula is C18H24F4O5S. The highest BCUT2D eigenvalue weighted by molar-refractivity contribution is 7.94. The fraction of sp³-hybridized carbons (Fsp3) is 0.667. The zero-order chi connectivity index (χ0) is 20.4. The van der Waals surface area contributed by atoms with E-state index in [0.29, 0.717) is 19.4 Å². The van der Waals surface area contributed by atoms with E-state index in [1.807, 2.05) is 0 Å². The number of benzene rings is 1. The number of ether oxygens (including phenoxy) is 2. The third kappa shape index (κ3) is 6.85. The normalized spacial score (nSPS) is 17.2. The number of unbranched alkanes of at least 4 members (excludes halogenated alkanes) is 4. The van der Waals surface area contributed by atoms with Crippen LogP contribution in [0.3, 0.4) is 0 Å². The molecule has 1 aromatic carbocycles. The predicted molar refractivity (Wildman–Crippen MR) is 93.3 cm³/mol. The Labute approximate surface area is 165 Å². The van der Waals surface area contributed by atoms with Crippen LogP contribution in [0.15, 0.2) is 4.90 Å². The minimum atomic E-state index is -1.59. The van der Waals surface area contributed by atoms with E-state index in [-0.39, 0.29) is 24.8 Å².